The van der Waals surface area contributed by atoms with E-state index in [2.05, 4.69) is 48.4 Å². The van der Waals surface area contributed by atoms with E-state index in [1.807, 2.05) is 17.8 Å². The molecule has 0 spiro atoms. The highest BCUT2D eigenvalue weighted by Gasteiger charge is 2.43. The number of hydrogen-bond donors (Lipinski definition) is 2. The van der Waals surface area contributed by atoms with E-state index in [1.165, 1.54) is 17.7 Å². The summed E-state index contributed by atoms with van der Waals surface area (Å²) in [7, 11) is 0. The summed E-state index contributed by atoms with van der Waals surface area (Å²) in [6, 6.07) is 10.9. The number of nitrogens with zero attached hydrogens (tertiary/aromatic N) is 1. The highest BCUT2D eigenvalue weighted by molar-refractivity contribution is 8.01. The SMILES string of the molecule is CC(C)NC(N)=NCC1(Sc2ccccc2)CC1. The molecule has 2 rings (SSSR count). The Bertz CT molecular complexity index is 410. The molecule has 3 nitrogen and oxygen atoms in total. The van der Waals surface area contributed by atoms with Crippen molar-refractivity contribution in [1.82, 2.24) is 5.32 Å². The van der Waals surface area contributed by atoms with Crippen LogP contribution in [0.1, 0.15) is 26.7 Å². The predicted octanol–water partition coefficient (Wildman–Crippen LogP) is 2.62. The van der Waals surface area contributed by atoms with E-state index in [-0.39, 0.29) is 4.75 Å². The molecule has 1 aliphatic carbocycles. The predicted molar refractivity (Wildman–Crippen MR) is 79.0 cm³/mol. The highest BCUT2D eigenvalue weighted by atomic mass is 32.2. The summed E-state index contributed by atoms with van der Waals surface area (Å²) in [6.45, 7) is 4.93. The van der Waals surface area contributed by atoms with Crippen LogP contribution in [0.25, 0.3) is 0 Å². The minimum absolute atomic E-state index is 0.282. The van der Waals surface area contributed by atoms with Gasteiger partial charge in [0.25, 0.3) is 0 Å². The molecule has 1 saturated carbocycles. The summed E-state index contributed by atoms with van der Waals surface area (Å²) in [5.74, 6) is 0.560. The summed E-state index contributed by atoms with van der Waals surface area (Å²) in [4.78, 5) is 5.78. The number of guanidine groups is 1. The molecular weight excluding hydrogens is 242 g/mol. The molecule has 3 N–H and O–H groups in total. The van der Waals surface area contributed by atoms with E-state index < -0.39 is 0 Å². The molecule has 1 aromatic carbocycles. The van der Waals surface area contributed by atoms with Crippen molar-refractivity contribution in [3.63, 3.8) is 0 Å². The first-order valence-corrected chi connectivity index (χ1v) is 7.22. The van der Waals surface area contributed by atoms with Crippen LogP contribution in [-0.4, -0.2) is 23.3 Å². The summed E-state index contributed by atoms with van der Waals surface area (Å²) >= 11 is 1.93. The zero-order chi connectivity index (χ0) is 13.0. The number of hydrogen-bond acceptors (Lipinski definition) is 2. The molecule has 0 unspecified atom stereocenters. The second-order valence-electron chi connectivity index (χ2n) is 5.10. The molecule has 18 heavy (non-hydrogen) atoms. The third kappa shape index (κ3) is 3.95. The van der Waals surface area contributed by atoms with E-state index in [0.717, 1.165) is 6.54 Å². The van der Waals surface area contributed by atoms with E-state index in [9.17, 15) is 0 Å². The zero-order valence-electron chi connectivity index (χ0n) is 11.0. The molecule has 0 heterocycles. The lowest BCUT2D eigenvalue weighted by molar-refractivity contribution is 0.721. The molecular formula is C14H21N3S. The van der Waals surface area contributed by atoms with Crippen molar-refractivity contribution in [2.75, 3.05) is 6.54 Å². The molecule has 1 aromatic rings. The van der Waals surface area contributed by atoms with Crippen molar-refractivity contribution in [3.8, 4) is 0 Å². The first kappa shape index (κ1) is 13.3. The van der Waals surface area contributed by atoms with Gasteiger partial charge in [-0.2, -0.15) is 0 Å². The molecule has 0 saturated heterocycles. The summed E-state index contributed by atoms with van der Waals surface area (Å²) < 4.78 is 0.282. The number of nitrogens with two attached hydrogens (primary N) is 1. The second-order valence-corrected chi connectivity index (χ2v) is 6.64. The Balaban J connectivity index is 1.89. The van der Waals surface area contributed by atoms with E-state index in [0.29, 0.717) is 12.0 Å². The van der Waals surface area contributed by atoms with Crippen molar-refractivity contribution >= 4 is 17.7 Å². The summed E-state index contributed by atoms with van der Waals surface area (Å²) in [5, 5.41) is 3.13. The van der Waals surface area contributed by atoms with Gasteiger partial charge in [-0.05, 0) is 38.8 Å². The molecule has 0 radical (unpaired) electrons. The highest BCUT2D eigenvalue weighted by Crippen LogP contribution is 2.51. The van der Waals surface area contributed by atoms with Crippen LogP contribution < -0.4 is 11.1 Å². The van der Waals surface area contributed by atoms with Crippen LogP contribution in [0.2, 0.25) is 0 Å². The first-order chi connectivity index (χ1) is 8.60. The maximum atomic E-state index is 5.83. The number of nitrogens with one attached hydrogen (secondary N) is 1. The van der Waals surface area contributed by atoms with Gasteiger partial charge in [0, 0.05) is 15.7 Å². The smallest absolute Gasteiger partial charge is 0.188 e. The first-order valence-electron chi connectivity index (χ1n) is 6.40. The molecule has 0 bridgehead atoms. The number of benzene rings is 1. The van der Waals surface area contributed by atoms with Gasteiger partial charge in [-0.25, -0.2) is 0 Å². The van der Waals surface area contributed by atoms with Gasteiger partial charge in [0.05, 0.1) is 6.54 Å². The van der Waals surface area contributed by atoms with Gasteiger partial charge < -0.3 is 11.1 Å². The number of aliphatic imine (C=N–C) groups is 1. The maximum Gasteiger partial charge on any atom is 0.188 e. The second kappa shape index (κ2) is 5.65. The average Bonchev–Trinajstić information content (AvgIpc) is 3.07. The third-order valence-corrected chi connectivity index (χ3v) is 4.34. The largest absolute Gasteiger partial charge is 0.370 e. The van der Waals surface area contributed by atoms with Gasteiger partial charge in [-0.1, -0.05) is 18.2 Å². The van der Waals surface area contributed by atoms with E-state index in [4.69, 9.17) is 5.73 Å². The molecule has 4 heteroatoms. The number of thioether (sulfide) groups is 1. The van der Waals surface area contributed by atoms with Crippen LogP contribution in [0, 0.1) is 0 Å². The van der Waals surface area contributed by atoms with Gasteiger partial charge in [-0.15, -0.1) is 11.8 Å². The van der Waals surface area contributed by atoms with Crippen LogP contribution in [-0.2, 0) is 0 Å². The zero-order valence-corrected chi connectivity index (χ0v) is 11.8. The lowest BCUT2D eigenvalue weighted by Gasteiger charge is -2.14. The minimum Gasteiger partial charge on any atom is -0.370 e. The maximum absolute atomic E-state index is 5.83. The fraction of sp³-hybridized carbons (Fsp3) is 0.500. The molecule has 0 amide bonds. The topological polar surface area (TPSA) is 50.4 Å². The normalized spacial score (nSPS) is 17.8. The van der Waals surface area contributed by atoms with Crippen LogP contribution in [0.15, 0.2) is 40.2 Å². The van der Waals surface area contributed by atoms with Gasteiger partial charge >= 0.3 is 0 Å². The Morgan fingerprint density at radius 2 is 2.06 bits per heavy atom. The van der Waals surface area contributed by atoms with Gasteiger partial charge in [0.1, 0.15) is 0 Å². The molecule has 1 aliphatic rings. The molecule has 0 aromatic heterocycles. The molecule has 0 aliphatic heterocycles. The fourth-order valence-electron chi connectivity index (χ4n) is 1.74. The Morgan fingerprint density at radius 1 is 1.39 bits per heavy atom. The van der Waals surface area contributed by atoms with E-state index >= 15 is 0 Å². The summed E-state index contributed by atoms with van der Waals surface area (Å²) in [5.41, 5.74) is 5.83. The molecule has 1 fully saturated rings. The van der Waals surface area contributed by atoms with Crippen LogP contribution in [0.3, 0.4) is 0 Å². The molecule has 0 atom stereocenters. The Morgan fingerprint density at radius 3 is 2.61 bits per heavy atom. The summed E-state index contributed by atoms with van der Waals surface area (Å²) in [6.07, 6.45) is 2.45. The minimum atomic E-state index is 0.282. The average molecular weight is 263 g/mol. The monoisotopic (exact) mass is 263 g/mol. The van der Waals surface area contributed by atoms with E-state index in [1.54, 1.807) is 0 Å². The van der Waals surface area contributed by atoms with Gasteiger partial charge in [-0.3, -0.25) is 4.99 Å². The quantitative estimate of drug-likeness (QED) is 0.634. The van der Waals surface area contributed by atoms with Gasteiger partial charge in [0.15, 0.2) is 5.96 Å². The third-order valence-electron chi connectivity index (χ3n) is 2.86. The Kier molecular flexibility index (Phi) is 4.17. The van der Waals surface area contributed by atoms with Crippen LogP contribution >= 0.6 is 11.8 Å². The van der Waals surface area contributed by atoms with Crippen molar-refractivity contribution in [2.24, 2.45) is 10.7 Å². The van der Waals surface area contributed by atoms with Crippen molar-refractivity contribution < 1.29 is 0 Å². The van der Waals surface area contributed by atoms with Crippen LogP contribution in [0.5, 0.6) is 0 Å². The van der Waals surface area contributed by atoms with Crippen molar-refractivity contribution in [3.05, 3.63) is 30.3 Å². The number of rotatable bonds is 5. The Hall–Kier alpha value is -1.16. The molecule has 98 valence electrons. The standard InChI is InChI=1S/C14H21N3S/c1-11(2)17-13(15)16-10-14(8-9-14)18-12-6-4-3-5-7-12/h3-7,11H,8-10H2,1-2H3,(H3,15,16,17). The lowest BCUT2D eigenvalue weighted by atomic mass is 10.4. The van der Waals surface area contributed by atoms with Gasteiger partial charge in [0.2, 0.25) is 0 Å². The lowest BCUT2D eigenvalue weighted by Crippen LogP contribution is -2.37. The van der Waals surface area contributed by atoms with Crippen molar-refractivity contribution in [1.29, 1.82) is 0 Å². The fourth-order valence-corrected chi connectivity index (χ4v) is 2.97. The van der Waals surface area contributed by atoms with Crippen molar-refractivity contribution in [2.45, 2.75) is 42.4 Å². The van der Waals surface area contributed by atoms with Crippen LogP contribution in [0.4, 0.5) is 0 Å². The Labute approximate surface area is 113 Å².